The fourth-order valence-corrected chi connectivity index (χ4v) is 8.18. The molecule has 3 aliphatic rings. The van der Waals surface area contributed by atoms with E-state index in [1.165, 1.54) is 7.05 Å². The average molecular weight is 871 g/mol. The minimum Gasteiger partial charge on any atom is -0.369 e. The number of carbonyl (C=O) groups is 3. The summed E-state index contributed by atoms with van der Waals surface area (Å²) in [5.41, 5.74) is 3.86. The average Bonchev–Trinajstić information content (AvgIpc) is 3.51. The van der Waals surface area contributed by atoms with Gasteiger partial charge in [-0.25, -0.2) is 13.4 Å². The molecule has 0 bridgehead atoms. The van der Waals surface area contributed by atoms with Crippen molar-refractivity contribution in [1.82, 2.24) is 25.1 Å². The molecule has 1 atom stereocenters. The molecule has 1 aromatic heterocycles. The molecule has 300 valence electrons. The van der Waals surface area contributed by atoms with Gasteiger partial charge in [0.05, 0.1) is 11.9 Å². The van der Waals surface area contributed by atoms with Gasteiger partial charge in [-0.3, -0.25) is 28.9 Å². The molecule has 0 saturated carbocycles. The first kappa shape index (κ1) is 39.9. The Balaban J connectivity index is 0.950. The molecule has 0 radical (unpaired) electrons. The number of imide groups is 1. The van der Waals surface area contributed by atoms with Crippen LogP contribution in [0.5, 0.6) is 0 Å². The standard InChI is InChI=1S/C38H39BrF3N9O5S/c1-48(57(2,55)56)27-5-3-4-23(18-27)19-43-34-30(38(40,41)42)20-44-37(47-34)45-25-7-9-26(10-8-25)50-16-14-49(15-17-50)21-24-6-11-28-29(33(24)39)22-51(36(28)54)31-12-13-32(52)46-35(31)53/h3-11,18,20,31H,12-17,19,21-22H2,1-2H3,(H,46,52,53)(H2,43,44,45,47). The number of hydrogen-bond acceptors (Lipinski definition) is 11. The molecular weight excluding hydrogens is 831 g/mol. The molecule has 2 fully saturated rings. The summed E-state index contributed by atoms with van der Waals surface area (Å²) in [7, 11) is -2.13. The Morgan fingerprint density at radius 3 is 2.44 bits per heavy atom. The van der Waals surface area contributed by atoms with Crippen LogP contribution in [0.1, 0.15) is 45.5 Å². The number of aromatic nitrogens is 2. The van der Waals surface area contributed by atoms with Crippen molar-refractivity contribution in [1.29, 1.82) is 0 Å². The fourth-order valence-electron chi connectivity index (χ4n) is 7.09. The van der Waals surface area contributed by atoms with Crippen LogP contribution in [0.15, 0.2) is 71.3 Å². The molecule has 0 spiro atoms. The van der Waals surface area contributed by atoms with Gasteiger partial charge in [0, 0.05) is 86.9 Å². The monoisotopic (exact) mass is 869 g/mol. The minimum absolute atomic E-state index is 0.0387. The Morgan fingerprint density at radius 1 is 1.02 bits per heavy atom. The van der Waals surface area contributed by atoms with Crippen LogP contribution in [-0.4, -0.2) is 91.4 Å². The van der Waals surface area contributed by atoms with Gasteiger partial charge in [-0.05, 0) is 65.6 Å². The predicted molar refractivity (Wildman–Crippen MR) is 211 cm³/mol. The number of hydrogen-bond donors (Lipinski definition) is 3. The van der Waals surface area contributed by atoms with E-state index in [0.717, 1.165) is 64.2 Å². The number of alkyl halides is 3. The molecule has 7 rings (SSSR count). The van der Waals surface area contributed by atoms with Gasteiger partial charge in [0.25, 0.3) is 5.91 Å². The summed E-state index contributed by atoms with van der Waals surface area (Å²) in [5, 5.41) is 8.06. The molecule has 3 N–H and O–H groups in total. The Bertz CT molecular complexity index is 2320. The molecule has 1 unspecified atom stereocenters. The second kappa shape index (κ2) is 15.9. The van der Waals surface area contributed by atoms with Crippen LogP contribution in [-0.2, 0) is 45.4 Å². The number of nitrogens with one attached hydrogen (secondary N) is 3. The molecular formula is C38H39BrF3N9O5S. The highest BCUT2D eigenvalue weighted by Crippen LogP contribution is 2.36. The van der Waals surface area contributed by atoms with Gasteiger partial charge in [0.2, 0.25) is 27.8 Å². The highest BCUT2D eigenvalue weighted by atomic mass is 79.9. The van der Waals surface area contributed by atoms with Gasteiger partial charge in [-0.1, -0.05) is 34.1 Å². The van der Waals surface area contributed by atoms with Crippen molar-refractivity contribution in [3.63, 3.8) is 0 Å². The number of halogens is 4. The van der Waals surface area contributed by atoms with Crippen LogP contribution >= 0.6 is 15.9 Å². The van der Waals surface area contributed by atoms with Crippen molar-refractivity contribution in [2.24, 2.45) is 0 Å². The van der Waals surface area contributed by atoms with Crippen molar-refractivity contribution in [2.75, 3.05) is 59.3 Å². The Labute approximate surface area is 335 Å². The van der Waals surface area contributed by atoms with Crippen molar-refractivity contribution < 1.29 is 36.0 Å². The predicted octanol–water partition coefficient (Wildman–Crippen LogP) is 5.09. The van der Waals surface area contributed by atoms with Crippen molar-refractivity contribution >= 4 is 72.5 Å². The molecule has 14 nitrogen and oxygen atoms in total. The SMILES string of the molecule is CN(c1cccc(CNc2nc(Nc3ccc(N4CCN(Cc5ccc6c(c5Br)CN(C5CCC(=O)NC5=O)C6=O)CC4)cc3)ncc2C(F)(F)F)c1)S(C)(=O)=O. The Kier molecular flexibility index (Phi) is 11.2. The minimum atomic E-state index is -4.72. The first-order valence-electron chi connectivity index (χ1n) is 18.1. The van der Waals surface area contributed by atoms with Crippen molar-refractivity contribution in [3.05, 3.63) is 99.2 Å². The lowest BCUT2D eigenvalue weighted by molar-refractivity contribution is -0.138. The molecule has 19 heteroatoms. The maximum absolute atomic E-state index is 13.9. The summed E-state index contributed by atoms with van der Waals surface area (Å²) in [6.07, 6.45) is -2.44. The Hall–Kier alpha value is -5.27. The second-order valence-corrected chi connectivity index (χ2v) is 16.9. The van der Waals surface area contributed by atoms with Crippen LogP contribution in [0.3, 0.4) is 0 Å². The summed E-state index contributed by atoms with van der Waals surface area (Å²) in [6, 6.07) is 17.0. The van der Waals surface area contributed by atoms with E-state index in [0.29, 0.717) is 42.0 Å². The molecule has 2 saturated heterocycles. The van der Waals surface area contributed by atoms with Gasteiger partial charge < -0.3 is 20.4 Å². The van der Waals surface area contributed by atoms with Crippen LogP contribution in [0.25, 0.3) is 0 Å². The maximum atomic E-state index is 13.9. The van der Waals surface area contributed by atoms with E-state index < -0.39 is 39.5 Å². The number of sulfonamides is 1. The molecule has 3 amide bonds. The highest BCUT2D eigenvalue weighted by molar-refractivity contribution is 9.10. The van der Waals surface area contributed by atoms with E-state index in [-0.39, 0.29) is 30.7 Å². The van der Waals surface area contributed by atoms with Gasteiger partial charge in [-0.15, -0.1) is 0 Å². The third-order valence-corrected chi connectivity index (χ3v) is 12.5. The van der Waals surface area contributed by atoms with E-state index in [2.05, 4.69) is 51.6 Å². The van der Waals surface area contributed by atoms with Crippen LogP contribution in [0.2, 0.25) is 0 Å². The normalized spacial score (nSPS) is 17.7. The van der Waals surface area contributed by atoms with E-state index in [1.54, 1.807) is 41.3 Å². The van der Waals surface area contributed by atoms with Gasteiger partial charge in [0.1, 0.15) is 17.4 Å². The number of anilines is 5. The number of rotatable bonds is 11. The summed E-state index contributed by atoms with van der Waals surface area (Å²) in [4.78, 5) is 51.4. The molecule has 3 aromatic carbocycles. The van der Waals surface area contributed by atoms with E-state index in [1.807, 2.05) is 24.3 Å². The zero-order chi connectivity index (χ0) is 40.6. The number of nitrogens with zero attached hydrogens (tertiary/aromatic N) is 6. The number of amides is 3. The third kappa shape index (κ3) is 8.84. The molecule has 3 aliphatic heterocycles. The van der Waals surface area contributed by atoms with Gasteiger partial charge >= 0.3 is 6.18 Å². The lowest BCUT2D eigenvalue weighted by atomic mass is 10.0. The summed E-state index contributed by atoms with van der Waals surface area (Å²) >= 11 is 3.73. The quantitative estimate of drug-likeness (QED) is 0.172. The Morgan fingerprint density at radius 2 is 1.75 bits per heavy atom. The highest BCUT2D eigenvalue weighted by Gasteiger charge is 2.40. The van der Waals surface area contributed by atoms with Crippen molar-refractivity contribution in [2.45, 2.75) is 44.7 Å². The fraction of sp³-hybridized carbons (Fsp3) is 0.342. The number of piperidine rings is 1. The lowest BCUT2D eigenvalue weighted by Gasteiger charge is -2.36. The molecule has 0 aliphatic carbocycles. The number of benzene rings is 3. The number of carbonyl (C=O) groups excluding carboxylic acids is 3. The van der Waals surface area contributed by atoms with Crippen LogP contribution in [0, 0.1) is 0 Å². The topological polar surface area (TPSA) is 160 Å². The van der Waals surface area contributed by atoms with Gasteiger partial charge in [0.15, 0.2) is 0 Å². The molecule has 4 aromatic rings. The summed E-state index contributed by atoms with van der Waals surface area (Å²) in [6.45, 7) is 3.96. The van der Waals surface area contributed by atoms with E-state index in [9.17, 15) is 36.0 Å². The first-order chi connectivity index (χ1) is 27.0. The first-order valence-corrected chi connectivity index (χ1v) is 20.7. The largest absolute Gasteiger partial charge is 0.421 e. The van der Waals surface area contributed by atoms with Crippen LogP contribution in [0.4, 0.5) is 42.0 Å². The maximum Gasteiger partial charge on any atom is 0.421 e. The summed E-state index contributed by atoms with van der Waals surface area (Å²) in [5.74, 6) is -1.45. The number of fused-ring (bicyclic) bond motifs is 1. The summed E-state index contributed by atoms with van der Waals surface area (Å²) < 4.78 is 67.6. The van der Waals surface area contributed by atoms with E-state index in [4.69, 9.17) is 0 Å². The smallest absolute Gasteiger partial charge is 0.369 e. The van der Waals surface area contributed by atoms with Gasteiger partial charge in [-0.2, -0.15) is 18.2 Å². The third-order valence-electron chi connectivity index (χ3n) is 10.3. The molecule has 4 heterocycles. The second-order valence-electron chi connectivity index (χ2n) is 14.1. The van der Waals surface area contributed by atoms with Crippen LogP contribution < -0.4 is 25.2 Å². The zero-order valence-electron chi connectivity index (χ0n) is 30.9. The number of piperazine rings is 1. The molecule has 57 heavy (non-hydrogen) atoms. The lowest BCUT2D eigenvalue weighted by Crippen LogP contribution is -2.52. The zero-order valence-corrected chi connectivity index (χ0v) is 33.3. The van der Waals surface area contributed by atoms with E-state index >= 15 is 0 Å². The van der Waals surface area contributed by atoms with Crippen molar-refractivity contribution in [3.8, 4) is 0 Å².